The van der Waals surface area contributed by atoms with Gasteiger partial charge in [0, 0.05) is 30.4 Å². The van der Waals surface area contributed by atoms with E-state index in [0.717, 1.165) is 12.5 Å². The standard InChI is InChI=1S/C20H29N3/c1-16(2)6-10-23-11-7-20(8-12-23)22-14-17-3-4-19-15-21-9-5-18(19)13-17/h3-5,9,13,15-16,20,22H,6-8,10-12,14H2,1-2H3. The Morgan fingerprint density at radius 1 is 1.17 bits per heavy atom. The number of benzene rings is 1. The molecule has 1 aliphatic rings. The van der Waals surface area contributed by atoms with E-state index < -0.39 is 0 Å². The van der Waals surface area contributed by atoms with Gasteiger partial charge in [0.15, 0.2) is 0 Å². The fraction of sp³-hybridized carbons (Fsp3) is 0.550. The van der Waals surface area contributed by atoms with Crippen LogP contribution in [0.25, 0.3) is 10.8 Å². The van der Waals surface area contributed by atoms with Crippen LogP contribution < -0.4 is 5.32 Å². The largest absolute Gasteiger partial charge is 0.310 e. The molecule has 0 spiro atoms. The van der Waals surface area contributed by atoms with Gasteiger partial charge in [0.1, 0.15) is 0 Å². The molecule has 3 rings (SSSR count). The number of rotatable bonds is 6. The number of pyridine rings is 1. The molecule has 1 aromatic carbocycles. The quantitative estimate of drug-likeness (QED) is 0.878. The summed E-state index contributed by atoms with van der Waals surface area (Å²) >= 11 is 0. The summed E-state index contributed by atoms with van der Waals surface area (Å²) in [6, 6.07) is 9.43. The highest BCUT2D eigenvalue weighted by atomic mass is 15.1. The Hall–Kier alpha value is -1.45. The third-order valence-electron chi connectivity index (χ3n) is 4.91. The van der Waals surface area contributed by atoms with Gasteiger partial charge in [-0.25, -0.2) is 0 Å². The van der Waals surface area contributed by atoms with Crippen LogP contribution in [-0.4, -0.2) is 35.6 Å². The maximum Gasteiger partial charge on any atom is 0.0346 e. The van der Waals surface area contributed by atoms with Crippen molar-refractivity contribution >= 4 is 10.8 Å². The molecule has 0 unspecified atom stereocenters. The van der Waals surface area contributed by atoms with Gasteiger partial charge in [-0.05, 0) is 67.9 Å². The first kappa shape index (κ1) is 16.4. The van der Waals surface area contributed by atoms with Crippen LogP contribution in [0.5, 0.6) is 0 Å². The Balaban J connectivity index is 1.45. The lowest BCUT2D eigenvalue weighted by molar-refractivity contribution is 0.189. The number of aromatic nitrogens is 1. The van der Waals surface area contributed by atoms with Gasteiger partial charge in [0.25, 0.3) is 0 Å². The first-order valence-electron chi connectivity index (χ1n) is 8.99. The fourth-order valence-corrected chi connectivity index (χ4v) is 3.31. The molecule has 3 nitrogen and oxygen atoms in total. The van der Waals surface area contributed by atoms with E-state index in [-0.39, 0.29) is 0 Å². The Morgan fingerprint density at radius 3 is 2.78 bits per heavy atom. The first-order valence-corrected chi connectivity index (χ1v) is 8.99. The predicted octanol–water partition coefficient (Wildman–Crippen LogP) is 3.83. The van der Waals surface area contributed by atoms with Crippen LogP contribution >= 0.6 is 0 Å². The van der Waals surface area contributed by atoms with E-state index in [9.17, 15) is 0 Å². The number of piperidine rings is 1. The van der Waals surface area contributed by atoms with Crippen molar-refractivity contribution in [1.29, 1.82) is 0 Å². The fourth-order valence-electron chi connectivity index (χ4n) is 3.31. The van der Waals surface area contributed by atoms with Gasteiger partial charge in [-0.1, -0.05) is 26.0 Å². The molecule has 0 saturated carbocycles. The maximum atomic E-state index is 4.17. The van der Waals surface area contributed by atoms with Crippen LogP contribution in [0.15, 0.2) is 36.7 Å². The summed E-state index contributed by atoms with van der Waals surface area (Å²) in [5.74, 6) is 0.814. The van der Waals surface area contributed by atoms with Crippen LogP contribution in [0.2, 0.25) is 0 Å². The van der Waals surface area contributed by atoms with E-state index in [1.165, 1.54) is 55.2 Å². The molecule has 1 aliphatic heterocycles. The van der Waals surface area contributed by atoms with Crippen molar-refractivity contribution in [3.63, 3.8) is 0 Å². The number of hydrogen-bond acceptors (Lipinski definition) is 3. The van der Waals surface area contributed by atoms with E-state index >= 15 is 0 Å². The lowest BCUT2D eigenvalue weighted by Gasteiger charge is -2.32. The molecule has 1 aromatic heterocycles. The summed E-state index contributed by atoms with van der Waals surface area (Å²) in [6.07, 6.45) is 7.67. The van der Waals surface area contributed by atoms with Crippen molar-refractivity contribution in [3.8, 4) is 0 Å². The van der Waals surface area contributed by atoms with E-state index in [1.54, 1.807) is 0 Å². The number of fused-ring (bicyclic) bond motifs is 1. The third kappa shape index (κ3) is 4.76. The third-order valence-corrected chi connectivity index (χ3v) is 4.91. The summed E-state index contributed by atoms with van der Waals surface area (Å²) < 4.78 is 0. The molecular formula is C20H29N3. The summed E-state index contributed by atoms with van der Waals surface area (Å²) in [4.78, 5) is 6.80. The maximum absolute atomic E-state index is 4.17. The summed E-state index contributed by atoms with van der Waals surface area (Å²) in [7, 11) is 0. The van der Waals surface area contributed by atoms with Gasteiger partial charge in [-0.3, -0.25) is 4.98 Å². The lowest BCUT2D eigenvalue weighted by atomic mass is 10.0. The Bertz CT molecular complexity index is 615. The molecule has 0 bridgehead atoms. The average molecular weight is 311 g/mol. The first-order chi connectivity index (χ1) is 11.2. The second-order valence-corrected chi connectivity index (χ2v) is 7.24. The number of likely N-dealkylation sites (tertiary alicyclic amines) is 1. The molecule has 1 fully saturated rings. The van der Waals surface area contributed by atoms with Gasteiger partial charge in [0.2, 0.25) is 0 Å². The second kappa shape index (κ2) is 7.89. The van der Waals surface area contributed by atoms with Crippen LogP contribution in [0.1, 0.15) is 38.7 Å². The molecule has 0 aliphatic carbocycles. The second-order valence-electron chi connectivity index (χ2n) is 7.24. The molecule has 23 heavy (non-hydrogen) atoms. The SMILES string of the molecule is CC(C)CCN1CCC(NCc2ccc3cnccc3c2)CC1. The van der Waals surface area contributed by atoms with E-state index in [0.29, 0.717) is 6.04 Å². The monoisotopic (exact) mass is 311 g/mol. The lowest BCUT2D eigenvalue weighted by Crippen LogP contribution is -2.42. The molecule has 3 heteroatoms. The van der Waals surface area contributed by atoms with Crippen molar-refractivity contribution in [1.82, 2.24) is 15.2 Å². The van der Waals surface area contributed by atoms with Gasteiger partial charge < -0.3 is 10.2 Å². The molecule has 2 heterocycles. The molecule has 124 valence electrons. The molecule has 2 aromatic rings. The predicted molar refractivity (Wildman–Crippen MR) is 97.5 cm³/mol. The van der Waals surface area contributed by atoms with Crippen LogP contribution in [0.4, 0.5) is 0 Å². The highest BCUT2D eigenvalue weighted by molar-refractivity contribution is 5.81. The molecule has 0 radical (unpaired) electrons. The zero-order valence-electron chi connectivity index (χ0n) is 14.5. The summed E-state index contributed by atoms with van der Waals surface area (Å²) in [6.45, 7) is 9.35. The zero-order chi connectivity index (χ0) is 16.1. The Morgan fingerprint density at radius 2 is 2.00 bits per heavy atom. The Kier molecular flexibility index (Phi) is 5.63. The van der Waals surface area contributed by atoms with Crippen molar-refractivity contribution in [2.45, 2.75) is 45.7 Å². The number of nitrogens with zero attached hydrogens (tertiary/aromatic N) is 2. The van der Waals surface area contributed by atoms with Crippen molar-refractivity contribution < 1.29 is 0 Å². The molecule has 0 amide bonds. The normalized spacial score (nSPS) is 17.2. The number of nitrogens with one attached hydrogen (secondary N) is 1. The van der Waals surface area contributed by atoms with Crippen LogP contribution in [0.3, 0.4) is 0 Å². The topological polar surface area (TPSA) is 28.2 Å². The molecule has 1 N–H and O–H groups in total. The summed E-state index contributed by atoms with van der Waals surface area (Å²) in [5, 5.41) is 6.24. The van der Waals surface area contributed by atoms with E-state index in [1.807, 2.05) is 12.4 Å². The highest BCUT2D eigenvalue weighted by Gasteiger charge is 2.18. The van der Waals surface area contributed by atoms with Crippen molar-refractivity contribution in [2.24, 2.45) is 5.92 Å². The minimum absolute atomic E-state index is 0.665. The molecule has 1 saturated heterocycles. The summed E-state index contributed by atoms with van der Waals surface area (Å²) in [5.41, 5.74) is 1.37. The smallest absolute Gasteiger partial charge is 0.0346 e. The number of hydrogen-bond donors (Lipinski definition) is 1. The molecular weight excluding hydrogens is 282 g/mol. The highest BCUT2D eigenvalue weighted by Crippen LogP contribution is 2.16. The van der Waals surface area contributed by atoms with Crippen molar-refractivity contribution in [2.75, 3.05) is 19.6 Å². The van der Waals surface area contributed by atoms with Gasteiger partial charge >= 0.3 is 0 Å². The minimum Gasteiger partial charge on any atom is -0.310 e. The van der Waals surface area contributed by atoms with Crippen LogP contribution in [0, 0.1) is 5.92 Å². The van der Waals surface area contributed by atoms with Crippen LogP contribution in [-0.2, 0) is 6.54 Å². The minimum atomic E-state index is 0.665. The van der Waals surface area contributed by atoms with Gasteiger partial charge in [-0.15, -0.1) is 0 Å². The van der Waals surface area contributed by atoms with E-state index in [4.69, 9.17) is 0 Å². The average Bonchev–Trinajstić information content (AvgIpc) is 2.59. The van der Waals surface area contributed by atoms with Crippen molar-refractivity contribution in [3.05, 3.63) is 42.2 Å². The van der Waals surface area contributed by atoms with E-state index in [2.05, 4.69) is 53.3 Å². The zero-order valence-corrected chi connectivity index (χ0v) is 14.5. The Labute approximate surface area is 140 Å². The van der Waals surface area contributed by atoms with Gasteiger partial charge in [-0.2, -0.15) is 0 Å². The van der Waals surface area contributed by atoms with Gasteiger partial charge in [0.05, 0.1) is 0 Å². The molecule has 0 atom stereocenters.